The minimum absolute atomic E-state index is 0.113. The van der Waals surface area contributed by atoms with Gasteiger partial charge in [-0.05, 0) is 0 Å². The van der Waals surface area contributed by atoms with Crippen LogP contribution >= 0.6 is 0 Å². The first-order valence-electron chi connectivity index (χ1n) is 5.32. The molecule has 0 fully saturated rings. The van der Waals surface area contributed by atoms with Crippen molar-refractivity contribution in [3.8, 4) is 5.75 Å². The van der Waals surface area contributed by atoms with Gasteiger partial charge in [0.1, 0.15) is 0 Å². The van der Waals surface area contributed by atoms with Crippen molar-refractivity contribution in [1.82, 2.24) is 4.98 Å². The Kier molecular flexibility index (Phi) is 3.50. The van der Waals surface area contributed by atoms with E-state index in [-0.39, 0.29) is 14.5 Å². The summed E-state index contributed by atoms with van der Waals surface area (Å²) >= 11 is 0.113. The van der Waals surface area contributed by atoms with Gasteiger partial charge in [-0.2, -0.15) is 0 Å². The van der Waals surface area contributed by atoms with Crippen LogP contribution in [-0.2, 0) is 4.79 Å². The van der Waals surface area contributed by atoms with Crippen LogP contribution in [0.5, 0.6) is 5.75 Å². The van der Waals surface area contributed by atoms with Crippen molar-refractivity contribution in [2.75, 3.05) is 7.11 Å². The number of nitrogens with zero attached hydrogens (tertiary/aromatic N) is 1. The first kappa shape index (κ1) is 12.1. The molecule has 0 radical (unpaired) electrons. The molecule has 0 aliphatic heterocycles. The summed E-state index contributed by atoms with van der Waals surface area (Å²) in [6.07, 6.45) is 0.554. The number of ether oxygens (including phenoxy) is 1. The van der Waals surface area contributed by atoms with E-state index < -0.39 is 11.9 Å². The Morgan fingerprint density at radius 3 is 2.94 bits per heavy atom. The van der Waals surface area contributed by atoms with Gasteiger partial charge in [0.05, 0.1) is 0 Å². The van der Waals surface area contributed by atoms with Crippen LogP contribution < -0.4 is 4.74 Å². The number of aromatic nitrogens is 1. The van der Waals surface area contributed by atoms with Crippen LogP contribution in [0.1, 0.15) is 24.8 Å². The molecule has 1 N–H and O–H groups in total. The molecule has 0 spiro atoms. The maximum atomic E-state index is 11.3. The maximum absolute atomic E-state index is 11.3. The molecule has 1 aromatic heterocycles. The van der Waals surface area contributed by atoms with E-state index in [9.17, 15) is 9.90 Å². The number of hydrogen-bond donors (Lipinski definition) is 1. The molecule has 1 unspecified atom stereocenters. The first-order chi connectivity index (χ1) is 8.19. The van der Waals surface area contributed by atoms with Crippen LogP contribution in [-0.4, -0.2) is 37.7 Å². The van der Waals surface area contributed by atoms with Crippen LogP contribution in [0.25, 0.3) is 9.78 Å². The van der Waals surface area contributed by atoms with E-state index in [4.69, 9.17) is 4.74 Å². The monoisotopic (exact) mass is 299 g/mol. The molecule has 4 nitrogen and oxygen atoms in total. The molecular formula is C12H13NO3Se. The van der Waals surface area contributed by atoms with E-state index in [1.54, 1.807) is 13.2 Å². The van der Waals surface area contributed by atoms with E-state index >= 15 is 0 Å². The number of rotatable bonds is 4. The molecule has 1 aromatic carbocycles. The Labute approximate surface area is 105 Å². The van der Waals surface area contributed by atoms with Gasteiger partial charge in [-0.1, -0.05) is 0 Å². The summed E-state index contributed by atoms with van der Waals surface area (Å²) in [6, 6.07) is 3.69. The van der Waals surface area contributed by atoms with Gasteiger partial charge >= 0.3 is 105 Å². The fourth-order valence-electron chi connectivity index (χ4n) is 1.94. The summed E-state index contributed by atoms with van der Waals surface area (Å²) in [6.45, 7) is 1.88. The molecular weight excluding hydrogens is 285 g/mol. The van der Waals surface area contributed by atoms with Crippen molar-refractivity contribution in [2.45, 2.75) is 19.3 Å². The normalized spacial score (nSPS) is 12.6. The molecule has 17 heavy (non-hydrogen) atoms. The number of carbonyl (C=O) groups is 1. The Hall–Kier alpha value is -1.32. The summed E-state index contributed by atoms with van der Waals surface area (Å²) in [5.41, 5.74) is 1.69. The third kappa shape index (κ3) is 2.08. The summed E-state index contributed by atoms with van der Waals surface area (Å²) in [5, 5.41) is 11.2. The van der Waals surface area contributed by atoms with Crippen molar-refractivity contribution in [3.05, 3.63) is 22.8 Å². The predicted molar refractivity (Wildman–Crippen MR) is 65.9 cm³/mol. The van der Waals surface area contributed by atoms with E-state index in [1.807, 2.05) is 18.1 Å². The van der Waals surface area contributed by atoms with E-state index in [1.165, 1.54) is 0 Å². The van der Waals surface area contributed by atoms with Gasteiger partial charge in [0, 0.05) is 0 Å². The molecule has 0 bridgehead atoms. The summed E-state index contributed by atoms with van der Waals surface area (Å²) in [5.74, 6) is -0.657. The first-order valence-corrected chi connectivity index (χ1v) is 7.16. The Morgan fingerprint density at radius 2 is 2.35 bits per heavy atom. The fourth-order valence-corrected chi connectivity index (χ4v) is 3.79. The number of aliphatic carboxylic acids is 1. The third-order valence-corrected chi connectivity index (χ3v) is 4.61. The van der Waals surface area contributed by atoms with Crippen molar-refractivity contribution in [2.24, 2.45) is 0 Å². The van der Waals surface area contributed by atoms with Gasteiger partial charge in [0.25, 0.3) is 0 Å². The molecule has 2 aromatic rings. The van der Waals surface area contributed by atoms with Crippen molar-refractivity contribution in [3.63, 3.8) is 0 Å². The average molecular weight is 298 g/mol. The number of hydrogen-bond acceptors (Lipinski definition) is 3. The molecule has 5 heteroatoms. The third-order valence-electron chi connectivity index (χ3n) is 2.77. The van der Waals surface area contributed by atoms with Gasteiger partial charge < -0.3 is 0 Å². The topological polar surface area (TPSA) is 59.4 Å². The summed E-state index contributed by atoms with van der Waals surface area (Å²) < 4.78 is 6.34. The van der Waals surface area contributed by atoms with E-state index in [2.05, 4.69) is 4.98 Å². The van der Waals surface area contributed by atoms with E-state index in [0.29, 0.717) is 12.2 Å². The zero-order valence-corrected chi connectivity index (χ0v) is 11.3. The van der Waals surface area contributed by atoms with Crippen LogP contribution in [0.15, 0.2) is 17.2 Å². The minimum atomic E-state index is -0.804. The van der Waals surface area contributed by atoms with Crippen LogP contribution in [0, 0.1) is 0 Å². The fraction of sp³-hybridized carbons (Fsp3) is 0.333. The van der Waals surface area contributed by atoms with Gasteiger partial charge in [-0.3, -0.25) is 0 Å². The van der Waals surface area contributed by atoms with Crippen LogP contribution in [0.3, 0.4) is 0 Å². The second kappa shape index (κ2) is 4.90. The molecule has 1 atom stereocenters. The van der Waals surface area contributed by atoms with Crippen molar-refractivity contribution < 1.29 is 14.6 Å². The van der Waals surface area contributed by atoms with Crippen molar-refractivity contribution in [1.29, 1.82) is 0 Å². The summed E-state index contributed by atoms with van der Waals surface area (Å²) in [7, 11) is 1.57. The summed E-state index contributed by atoms with van der Waals surface area (Å²) in [4.78, 5) is 15.6. The molecule has 0 saturated heterocycles. The van der Waals surface area contributed by atoms with Gasteiger partial charge in [0.2, 0.25) is 0 Å². The second-order valence-corrected chi connectivity index (χ2v) is 5.47. The SMILES string of the molecule is CCC(C(=O)O)c1c(OC)ccc2nc[se]c12. The molecule has 2 rings (SSSR count). The number of methoxy groups -OCH3 is 1. The zero-order chi connectivity index (χ0) is 12.4. The average Bonchev–Trinajstić information content (AvgIpc) is 2.77. The number of carboxylic acid groups (broad SMARTS) is 1. The molecule has 1 heterocycles. The van der Waals surface area contributed by atoms with E-state index in [0.717, 1.165) is 15.3 Å². The second-order valence-electron chi connectivity index (χ2n) is 3.68. The number of fused-ring (bicyclic) bond motifs is 1. The van der Waals surface area contributed by atoms with Gasteiger partial charge in [0.15, 0.2) is 0 Å². The molecule has 90 valence electrons. The van der Waals surface area contributed by atoms with Crippen molar-refractivity contribution >= 4 is 30.2 Å². The Morgan fingerprint density at radius 1 is 1.59 bits per heavy atom. The molecule has 0 aliphatic rings. The number of benzene rings is 1. The Balaban J connectivity index is 2.70. The quantitative estimate of drug-likeness (QED) is 0.876. The predicted octanol–water partition coefficient (Wildman–Crippen LogP) is 1.88. The van der Waals surface area contributed by atoms with Gasteiger partial charge in [-0.15, -0.1) is 0 Å². The van der Waals surface area contributed by atoms with Gasteiger partial charge in [-0.25, -0.2) is 0 Å². The molecule has 0 saturated carbocycles. The molecule has 0 amide bonds. The number of carboxylic acids is 1. The molecule has 0 aliphatic carbocycles. The zero-order valence-electron chi connectivity index (χ0n) is 9.64. The van der Waals surface area contributed by atoms with Crippen LogP contribution in [0.2, 0.25) is 0 Å². The Bertz CT molecular complexity index is 550. The van der Waals surface area contributed by atoms with Crippen LogP contribution in [0.4, 0.5) is 0 Å². The standard InChI is InChI=1S/C12H13NO3Se/c1-3-7(12(14)15)10-9(16-2)5-4-8-11(10)17-6-13-8/h4-7H,3H2,1-2H3,(H,14,15).